The van der Waals surface area contributed by atoms with Crippen LogP contribution in [0.5, 0.6) is 0 Å². The van der Waals surface area contributed by atoms with Crippen molar-refractivity contribution in [2.24, 2.45) is 5.90 Å². The normalized spacial score (nSPS) is 8.82. The molecule has 0 saturated heterocycles. The molecule has 0 fully saturated rings. The second-order valence-electron chi connectivity index (χ2n) is 2.08. The smallest absolute Gasteiger partial charge is 0.303 e. The molecule has 0 aliphatic rings. The summed E-state index contributed by atoms with van der Waals surface area (Å²) in [4.78, 5) is 14.3. The Morgan fingerprint density at radius 1 is 1.36 bits per heavy atom. The molecule has 0 atom stereocenters. The van der Waals surface area contributed by atoms with Crippen molar-refractivity contribution in [1.29, 1.82) is 0 Å². The first-order valence-corrected chi connectivity index (χ1v) is 3.31. The van der Waals surface area contributed by atoms with Gasteiger partial charge in [-0.2, -0.15) is 0 Å². The third-order valence-corrected chi connectivity index (χ3v) is 1.15. The number of rotatable bonds is 6. The summed E-state index contributed by atoms with van der Waals surface area (Å²) in [6, 6.07) is 0. The Morgan fingerprint density at radius 3 is 2.45 bits per heavy atom. The Bertz CT molecular complexity index is 99.8. The predicted octanol–water partition coefficient (Wildman–Crippen LogP) is 0.944. The van der Waals surface area contributed by atoms with E-state index in [1.165, 1.54) is 0 Å². The second-order valence-corrected chi connectivity index (χ2v) is 2.08. The van der Waals surface area contributed by atoms with Gasteiger partial charge in [-0.3, -0.25) is 4.79 Å². The lowest BCUT2D eigenvalue weighted by molar-refractivity contribution is -0.137. The maximum Gasteiger partial charge on any atom is 0.303 e. The predicted molar refractivity (Wildman–Crippen MR) is 43.5 cm³/mol. The number of carbonyl (C=O) groups is 1. The number of carboxylic acids is 1. The van der Waals surface area contributed by atoms with Crippen LogP contribution in [0.1, 0.15) is 25.7 Å². The van der Waals surface area contributed by atoms with Crippen LogP contribution in [-0.2, 0) is 9.63 Å². The van der Waals surface area contributed by atoms with E-state index in [9.17, 15) is 4.79 Å². The Balaban J connectivity index is 0. The minimum atomic E-state index is -0.742. The molecule has 0 unspecified atom stereocenters. The number of aliphatic carboxylic acids is 1. The van der Waals surface area contributed by atoms with Gasteiger partial charge in [0, 0.05) is 6.42 Å². The number of hydrogen-bond donors (Lipinski definition) is 2. The van der Waals surface area contributed by atoms with E-state index in [1.54, 1.807) is 0 Å². The van der Waals surface area contributed by atoms with E-state index in [0.717, 1.165) is 12.8 Å². The largest absolute Gasteiger partial charge is 0.481 e. The zero-order valence-corrected chi connectivity index (χ0v) is 7.10. The van der Waals surface area contributed by atoms with Crippen molar-refractivity contribution in [2.45, 2.75) is 25.7 Å². The van der Waals surface area contributed by atoms with E-state index >= 15 is 0 Å². The summed E-state index contributed by atoms with van der Waals surface area (Å²) < 4.78 is 0. The van der Waals surface area contributed by atoms with Crippen molar-refractivity contribution in [3.8, 4) is 0 Å². The van der Waals surface area contributed by atoms with Crippen LogP contribution >= 0.6 is 12.4 Å². The van der Waals surface area contributed by atoms with Crippen LogP contribution in [0.2, 0.25) is 0 Å². The molecule has 0 aliphatic heterocycles. The molecule has 0 amide bonds. The fourth-order valence-corrected chi connectivity index (χ4v) is 0.638. The lowest BCUT2D eigenvalue weighted by Crippen LogP contribution is -2.01. The molecule has 0 spiro atoms. The molecule has 3 N–H and O–H groups in total. The standard InChI is InChI=1S/C6H13NO3.ClH/c7-10-5-3-1-2-4-6(8)9;/h1-5,7H2,(H,8,9);1H. The highest BCUT2D eigenvalue weighted by atomic mass is 35.5. The summed E-state index contributed by atoms with van der Waals surface area (Å²) in [5, 5.41) is 8.21. The summed E-state index contributed by atoms with van der Waals surface area (Å²) in [7, 11) is 0. The zero-order valence-electron chi connectivity index (χ0n) is 6.28. The molecule has 0 aromatic heterocycles. The van der Waals surface area contributed by atoms with Gasteiger partial charge in [0.2, 0.25) is 0 Å². The Kier molecular flexibility index (Phi) is 11.7. The lowest BCUT2D eigenvalue weighted by Gasteiger charge is -1.95. The number of nitrogens with two attached hydrogens (primary N) is 1. The molecular weight excluding hydrogens is 170 g/mol. The van der Waals surface area contributed by atoms with Gasteiger partial charge in [0.05, 0.1) is 6.61 Å². The summed E-state index contributed by atoms with van der Waals surface area (Å²) >= 11 is 0. The zero-order chi connectivity index (χ0) is 7.82. The van der Waals surface area contributed by atoms with Gasteiger partial charge in [-0.1, -0.05) is 6.42 Å². The first-order valence-electron chi connectivity index (χ1n) is 3.31. The van der Waals surface area contributed by atoms with Gasteiger partial charge in [0.1, 0.15) is 0 Å². The van der Waals surface area contributed by atoms with Gasteiger partial charge in [0.25, 0.3) is 0 Å². The Morgan fingerprint density at radius 2 is 2.00 bits per heavy atom. The average Bonchev–Trinajstić information content (AvgIpc) is 1.87. The van der Waals surface area contributed by atoms with E-state index in [0.29, 0.717) is 13.0 Å². The first kappa shape index (κ1) is 13.3. The van der Waals surface area contributed by atoms with E-state index in [-0.39, 0.29) is 18.8 Å². The van der Waals surface area contributed by atoms with Gasteiger partial charge in [0.15, 0.2) is 0 Å². The molecule has 0 saturated carbocycles. The average molecular weight is 184 g/mol. The van der Waals surface area contributed by atoms with Crippen molar-refractivity contribution in [1.82, 2.24) is 0 Å². The molecule has 0 aromatic rings. The summed E-state index contributed by atoms with van der Waals surface area (Å²) in [5.41, 5.74) is 0. The van der Waals surface area contributed by atoms with Crippen molar-refractivity contribution in [3.05, 3.63) is 0 Å². The van der Waals surface area contributed by atoms with Crippen LogP contribution in [0.25, 0.3) is 0 Å². The molecule has 0 heterocycles. The molecular formula is C6H14ClNO3. The topological polar surface area (TPSA) is 72.5 Å². The molecule has 0 radical (unpaired) electrons. The molecule has 0 rings (SSSR count). The monoisotopic (exact) mass is 183 g/mol. The van der Waals surface area contributed by atoms with Gasteiger partial charge in [-0.15, -0.1) is 12.4 Å². The van der Waals surface area contributed by atoms with Crippen LogP contribution in [0.4, 0.5) is 0 Å². The minimum absolute atomic E-state index is 0. The molecule has 0 aliphatic carbocycles. The number of halogens is 1. The highest BCUT2D eigenvalue weighted by Crippen LogP contribution is 1.98. The number of unbranched alkanes of at least 4 members (excludes halogenated alkanes) is 2. The van der Waals surface area contributed by atoms with Gasteiger partial charge < -0.3 is 9.94 Å². The van der Waals surface area contributed by atoms with Crippen molar-refractivity contribution >= 4 is 18.4 Å². The third-order valence-electron chi connectivity index (χ3n) is 1.15. The maximum atomic E-state index is 9.98. The molecule has 11 heavy (non-hydrogen) atoms. The number of carboxylic acid groups (broad SMARTS) is 1. The van der Waals surface area contributed by atoms with E-state index in [2.05, 4.69) is 4.84 Å². The number of hydrogen-bond acceptors (Lipinski definition) is 3. The Hall–Kier alpha value is -0.320. The summed E-state index contributed by atoms with van der Waals surface area (Å²) in [5.74, 6) is 4.01. The van der Waals surface area contributed by atoms with E-state index in [1.807, 2.05) is 0 Å². The van der Waals surface area contributed by atoms with Crippen LogP contribution in [-0.4, -0.2) is 17.7 Å². The van der Waals surface area contributed by atoms with Crippen LogP contribution < -0.4 is 5.90 Å². The van der Waals surface area contributed by atoms with Crippen molar-refractivity contribution in [3.63, 3.8) is 0 Å². The highest BCUT2D eigenvalue weighted by molar-refractivity contribution is 5.85. The van der Waals surface area contributed by atoms with E-state index in [4.69, 9.17) is 11.0 Å². The van der Waals surface area contributed by atoms with Crippen LogP contribution in [0.15, 0.2) is 0 Å². The van der Waals surface area contributed by atoms with Crippen LogP contribution in [0, 0.1) is 0 Å². The van der Waals surface area contributed by atoms with Crippen molar-refractivity contribution in [2.75, 3.05) is 6.61 Å². The minimum Gasteiger partial charge on any atom is -0.481 e. The molecule has 5 heteroatoms. The quantitative estimate of drug-likeness (QED) is 0.475. The van der Waals surface area contributed by atoms with Crippen molar-refractivity contribution < 1.29 is 14.7 Å². The molecule has 0 bridgehead atoms. The summed E-state index contributed by atoms with van der Waals surface area (Å²) in [6.45, 7) is 0.514. The van der Waals surface area contributed by atoms with Crippen LogP contribution in [0.3, 0.4) is 0 Å². The summed E-state index contributed by atoms with van der Waals surface area (Å²) in [6.07, 6.45) is 2.65. The molecule has 4 nitrogen and oxygen atoms in total. The maximum absolute atomic E-state index is 9.98. The molecule has 68 valence electrons. The first-order chi connectivity index (χ1) is 4.77. The fraction of sp³-hybridized carbons (Fsp3) is 0.833. The highest BCUT2D eigenvalue weighted by Gasteiger charge is 1.95. The Labute approximate surface area is 72.1 Å². The fourth-order valence-electron chi connectivity index (χ4n) is 0.638. The third kappa shape index (κ3) is 12.8. The lowest BCUT2D eigenvalue weighted by atomic mass is 10.2. The molecule has 0 aromatic carbocycles. The second kappa shape index (κ2) is 9.68. The van der Waals surface area contributed by atoms with Gasteiger partial charge in [-0.25, -0.2) is 5.90 Å². The van der Waals surface area contributed by atoms with Gasteiger partial charge in [-0.05, 0) is 12.8 Å². The van der Waals surface area contributed by atoms with Gasteiger partial charge >= 0.3 is 5.97 Å². The van der Waals surface area contributed by atoms with E-state index < -0.39 is 5.97 Å². The SMILES string of the molecule is Cl.NOCCCCCC(=O)O.